The highest BCUT2D eigenvalue weighted by Crippen LogP contribution is 2.32. The molecule has 0 amide bonds. The van der Waals surface area contributed by atoms with E-state index in [9.17, 15) is 0 Å². The molecule has 0 saturated carbocycles. The molecule has 0 spiro atoms. The van der Waals surface area contributed by atoms with Crippen LogP contribution < -0.4 is 10.5 Å². The number of furan rings is 1. The summed E-state index contributed by atoms with van der Waals surface area (Å²) in [5, 5.41) is 1.00. The van der Waals surface area contributed by atoms with Crippen molar-refractivity contribution < 1.29 is 9.15 Å². The van der Waals surface area contributed by atoms with Crippen molar-refractivity contribution in [3.05, 3.63) is 51.9 Å². The average molecular weight is 300 g/mol. The molecule has 0 radical (unpaired) electrons. The maximum Gasteiger partial charge on any atom is 0.171 e. The predicted molar refractivity (Wildman–Crippen MR) is 76.9 cm³/mol. The molecule has 0 bridgehead atoms. The Kier molecular flexibility index (Phi) is 4.40. The molecule has 2 aromatic rings. The van der Waals surface area contributed by atoms with Crippen LogP contribution in [-0.4, -0.2) is 6.04 Å². The smallest absolute Gasteiger partial charge is 0.171 e. The second kappa shape index (κ2) is 5.87. The van der Waals surface area contributed by atoms with Crippen molar-refractivity contribution in [2.45, 2.75) is 26.0 Å². The number of aryl methyl sites for hydroxylation is 1. The number of ether oxygens (including phenoxy) is 1. The molecule has 2 unspecified atom stereocenters. The van der Waals surface area contributed by atoms with Crippen LogP contribution in [0.2, 0.25) is 10.0 Å². The number of benzene rings is 1. The first-order valence-electron chi connectivity index (χ1n) is 5.91. The van der Waals surface area contributed by atoms with Gasteiger partial charge in [0.1, 0.15) is 17.3 Å². The van der Waals surface area contributed by atoms with Crippen LogP contribution in [0, 0.1) is 6.92 Å². The van der Waals surface area contributed by atoms with E-state index in [1.165, 1.54) is 0 Å². The van der Waals surface area contributed by atoms with Crippen LogP contribution in [0.3, 0.4) is 0 Å². The van der Waals surface area contributed by atoms with Crippen molar-refractivity contribution in [1.82, 2.24) is 0 Å². The Morgan fingerprint density at radius 3 is 2.47 bits per heavy atom. The van der Waals surface area contributed by atoms with Crippen molar-refractivity contribution in [3.8, 4) is 5.75 Å². The van der Waals surface area contributed by atoms with Crippen LogP contribution >= 0.6 is 23.2 Å². The first kappa shape index (κ1) is 14.3. The highest BCUT2D eigenvalue weighted by Gasteiger charge is 2.22. The van der Waals surface area contributed by atoms with Crippen LogP contribution in [0.15, 0.2) is 34.7 Å². The summed E-state index contributed by atoms with van der Waals surface area (Å²) in [4.78, 5) is 0. The largest absolute Gasteiger partial charge is 0.479 e. The van der Waals surface area contributed by atoms with Gasteiger partial charge in [-0.1, -0.05) is 23.2 Å². The Labute approximate surface area is 122 Å². The van der Waals surface area contributed by atoms with E-state index in [1.807, 2.05) is 26.0 Å². The minimum Gasteiger partial charge on any atom is -0.479 e. The number of rotatable bonds is 4. The molecule has 2 rings (SSSR count). The van der Waals surface area contributed by atoms with Crippen LogP contribution in [0.1, 0.15) is 24.5 Å². The average Bonchev–Trinajstić information content (AvgIpc) is 2.74. The molecule has 5 heteroatoms. The van der Waals surface area contributed by atoms with Gasteiger partial charge < -0.3 is 14.9 Å². The lowest BCUT2D eigenvalue weighted by Gasteiger charge is -2.21. The Hall–Kier alpha value is -1.16. The van der Waals surface area contributed by atoms with Gasteiger partial charge in [0.2, 0.25) is 0 Å². The summed E-state index contributed by atoms with van der Waals surface area (Å²) in [6.45, 7) is 3.73. The predicted octanol–water partition coefficient (Wildman–Crippen LogP) is 4.36. The molecule has 0 aliphatic carbocycles. The highest BCUT2D eigenvalue weighted by molar-refractivity contribution is 6.35. The van der Waals surface area contributed by atoms with E-state index in [1.54, 1.807) is 18.2 Å². The molecule has 1 aromatic carbocycles. The molecule has 0 aliphatic heterocycles. The molecule has 19 heavy (non-hydrogen) atoms. The first-order valence-corrected chi connectivity index (χ1v) is 6.66. The highest BCUT2D eigenvalue weighted by atomic mass is 35.5. The molecule has 3 nitrogen and oxygen atoms in total. The summed E-state index contributed by atoms with van der Waals surface area (Å²) in [5.41, 5.74) is 5.95. The summed E-state index contributed by atoms with van der Waals surface area (Å²) < 4.78 is 11.4. The quantitative estimate of drug-likeness (QED) is 0.912. The fourth-order valence-corrected chi connectivity index (χ4v) is 2.19. The van der Waals surface area contributed by atoms with Gasteiger partial charge in [0, 0.05) is 11.1 Å². The second-order valence-corrected chi connectivity index (χ2v) is 5.26. The molecule has 0 fully saturated rings. The molecule has 2 N–H and O–H groups in total. The summed E-state index contributed by atoms with van der Waals surface area (Å²) in [7, 11) is 0. The van der Waals surface area contributed by atoms with Crippen molar-refractivity contribution in [1.29, 1.82) is 0 Å². The lowest BCUT2D eigenvalue weighted by atomic mass is 10.1. The van der Waals surface area contributed by atoms with E-state index >= 15 is 0 Å². The van der Waals surface area contributed by atoms with Gasteiger partial charge >= 0.3 is 0 Å². The summed E-state index contributed by atoms with van der Waals surface area (Å²) in [6.07, 6.45) is -0.396. The van der Waals surface area contributed by atoms with Gasteiger partial charge in [-0.05, 0) is 44.2 Å². The van der Waals surface area contributed by atoms with Gasteiger partial charge in [0.15, 0.2) is 6.10 Å². The third-order valence-electron chi connectivity index (χ3n) is 2.67. The standard InChI is InChI=1S/C14H15Cl2NO2/c1-8-3-5-13(18-8)14(9(2)17)19-12-6-4-10(15)7-11(12)16/h3-7,9,14H,17H2,1-2H3. The molecular weight excluding hydrogens is 285 g/mol. The summed E-state index contributed by atoms with van der Waals surface area (Å²) in [6, 6.07) is 8.55. The van der Waals surface area contributed by atoms with Crippen molar-refractivity contribution >= 4 is 23.2 Å². The van der Waals surface area contributed by atoms with E-state index in [4.69, 9.17) is 38.1 Å². The molecule has 2 atom stereocenters. The Morgan fingerprint density at radius 1 is 1.21 bits per heavy atom. The summed E-state index contributed by atoms with van der Waals surface area (Å²) >= 11 is 11.9. The van der Waals surface area contributed by atoms with Crippen LogP contribution in [0.4, 0.5) is 0 Å². The molecule has 102 valence electrons. The van der Waals surface area contributed by atoms with Gasteiger partial charge in [-0.15, -0.1) is 0 Å². The third kappa shape index (κ3) is 3.44. The molecule has 1 aromatic heterocycles. The van der Waals surface area contributed by atoms with E-state index in [0.717, 1.165) is 5.76 Å². The van der Waals surface area contributed by atoms with E-state index in [-0.39, 0.29) is 6.04 Å². The fourth-order valence-electron chi connectivity index (χ4n) is 1.74. The molecular formula is C14H15Cl2NO2. The molecule has 1 heterocycles. The fraction of sp³-hybridized carbons (Fsp3) is 0.286. The minimum absolute atomic E-state index is 0.239. The number of hydrogen-bond acceptors (Lipinski definition) is 3. The summed E-state index contributed by atoms with van der Waals surface area (Å²) in [5.74, 6) is 2.02. The lowest BCUT2D eigenvalue weighted by molar-refractivity contribution is 0.152. The Morgan fingerprint density at radius 2 is 1.95 bits per heavy atom. The zero-order chi connectivity index (χ0) is 14.0. The minimum atomic E-state index is -0.396. The Bertz CT molecular complexity index is 566. The zero-order valence-electron chi connectivity index (χ0n) is 10.7. The van der Waals surface area contributed by atoms with Crippen molar-refractivity contribution in [2.24, 2.45) is 5.73 Å². The van der Waals surface area contributed by atoms with E-state index < -0.39 is 6.10 Å². The number of nitrogens with two attached hydrogens (primary N) is 1. The molecule has 0 saturated heterocycles. The van der Waals surface area contributed by atoms with Crippen LogP contribution in [0.25, 0.3) is 0 Å². The first-order chi connectivity index (χ1) is 8.97. The number of hydrogen-bond donors (Lipinski definition) is 1. The maximum absolute atomic E-state index is 6.09. The third-order valence-corrected chi connectivity index (χ3v) is 3.20. The van der Waals surface area contributed by atoms with Crippen LogP contribution in [-0.2, 0) is 0 Å². The van der Waals surface area contributed by atoms with E-state index in [0.29, 0.717) is 21.6 Å². The van der Waals surface area contributed by atoms with Gasteiger partial charge in [-0.2, -0.15) is 0 Å². The normalized spacial score (nSPS) is 14.2. The van der Waals surface area contributed by atoms with Crippen molar-refractivity contribution in [2.75, 3.05) is 0 Å². The van der Waals surface area contributed by atoms with E-state index in [2.05, 4.69) is 0 Å². The SMILES string of the molecule is Cc1ccc(C(Oc2ccc(Cl)cc2Cl)C(C)N)o1. The topological polar surface area (TPSA) is 48.4 Å². The van der Waals surface area contributed by atoms with Crippen LogP contribution in [0.5, 0.6) is 5.75 Å². The van der Waals surface area contributed by atoms with Gasteiger partial charge in [0.25, 0.3) is 0 Å². The number of halogens is 2. The Balaban J connectivity index is 2.26. The zero-order valence-corrected chi connectivity index (χ0v) is 12.2. The monoisotopic (exact) mass is 299 g/mol. The van der Waals surface area contributed by atoms with Gasteiger partial charge in [0.05, 0.1) is 5.02 Å². The van der Waals surface area contributed by atoms with Gasteiger partial charge in [-0.25, -0.2) is 0 Å². The van der Waals surface area contributed by atoms with Crippen molar-refractivity contribution in [3.63, 3.8) is 0 Å². The lowest BCUT2D eigenvalue weighted by Crippen LogP contribution is -2.28. The maximum atomic E-state index is 6.09. The molecule has 0 aliphatic rings. The second-order valence-electron chi connectivity index (χ2n) is 4.42. The van der Waals surface area contributed by atoms with Gasteiger partial charge in [-0.3, -0.25) is 0 Å².